The number of amides is 1. The SMILES string of the molecule is CCOc1c(Cl)cc(-c2csc(NC(=O)CNc3c(C=N)n(C)n(C)c3=O)n2)cc1Cl. The van der Waals surface area contributed by atoms with Gasteiger partial charge in [-0.1, -0.05) is 23.2 Å². The zero-order chi connectivity index (χ0) is 22.7. The molecule has 0 fully saturated rings. The van der Waals surface area contributed by atoms with E-state index in [1.54, 1.807) is 31.6 Å². The van der Waals surface area contributed by atoms with Gasteiger partial charge in [-0.2, -0.15) is 0 Å². The molecule has 9 nitrogen and oxygen atoms in total. The molecule has 0 bridgehead atoms. The van der Waals surface area contributed by atoms with Crippen LogP contribution in [0, 0.1) is 5.41 Å². The van der Waals surface area contributed by atoms with Crippen molar-refractivity contribution in [2.75, 3.05) is 23.8 Å². The minimum atomic E-state index is -0.384. The molecule has 3 N–H and O–H groups in total. The van der Waals surface area contributed by atoms with Crippen molar-refractivity contribution in [1.82, 2.24) is 14.3 Å². The third-order valence-corrected chi connectivity index (χ3v) is 5.78. The normalized spacial score (nSPS) is 10.7. The molecular formula is C19H20Cl2N6O3S. The van der Waals surface area contributed by atoms with Gasteiger partial charge in [0, 0.05) is 31.3 Å². The topological polar surface area (TPSA) is 114 Å². The molecular weight excluding hydrogens is 463 g/mol. The van der Waals surface area contributed by atoms with Crippen LogP contribution in [0.5, 0.6) is 5.75 Å². The molecule has 0 aliphatic carbocycles. The van der Waals surface area contributed by atoms with Crippen molar-refractivity contribution in [2.24, 2.45) is 14.1 Å². The first-order chi connectivity index (χ1) is 14.8. The Morgan fingerprint density at radius 1 is 1.29 bits per heavy atom. The van der Waals surface area contributed by atoms with Gasteiger partial charge >= 0.3 is 0 Å². The van der Waals surface area contributed by atoms with E-state index in [4.69, 9.17) is 33.3 Å². The van der Waals surface area contributed by atoms with Gasteiger partial charge in [-0.05, 0) is 19.1 Å². The van der Waals surface area contributed by atoms with Crippen molar-refractivity contribution in [3.05, 3.63) is 43.6 Å². The Morgan fingerprint density at radius 3 is 2.58 bits per heavy atom. The number of nitrogens with one attached hydrogen (secondary N) is 3. The first-order valence-electron chi connectivity index (χ1n) is 9.14. The van der Waals surface area contributed by atoms with Crippen LogP contribution in [-0.2, 0) is 18.9 Å². The monoisotopic (exact) mass is 482 g/mol. The molecule has 2 aromatic heterocycles. The van der Waals surface area contributed by atoms with Gasteiger partial charge < -0.3 is 20.8 Å². The maximum Gasteiger partial charge on any atom is 0.290 e. The van der Waals surface area contributed by atoms with E-state index < -0.39 is 0 Å². The second-order valence-corrected chi connectivity index (χ2v) is 8.07. The van der Waals surface area contributed by atoms with Gasteiger partial charge in [-0.15, -0.1) is 11.3 Å². The molecule has 3 aromatic rings. The second-order valence-electron chi connectivity index (χ2n) is 6.40. The summed E-state index contributed by atoms with van der Waals surface area (Å²) in [5.74, 6) is 0.0336. The minimum Gasteiger partial charge on any atom is -0.491 e. The van der Waals surface area contributed by atoms with Crippen LogP contribution < -0.4 is 20.9 Å². The lowest BCUT2D eigenvalue weighted by molar-refractivity contribution is -0.114. The highest BCUT2D eigenvalue weighted by Crippen LogP contribution is 2.38. The molecule has 0 unspecified atom stereocenters. The second kappa shape index (κ2) is 9.54. The number of aromatic nitrogens is 3. The molecule has 2 heterocycles. The Labute approximate surface area is 192 Å². The Morgan fingerprint density at radius 2 is 1.97 bits per heavy atom. The molecule has 3 rings (SSSR count). The van der Waals surface area contributed by atoms with E-state index >= 15 is 0 Å². The third-order valence-electron chi connectivity index (χ3n) is 4.46. The maximum absolute atomic E-state index is 12.3. The highest BCUT2D eigenvalue weighted by Gasteiger charge is 2.16. The van der Waals surface area contributed by atoms with Crippen molar-refractivity contribution < 1.29 is 9.53 Å². The van der Waals surface area contributed by atoms with Crippen LogP contribution in [-0.4, -0.2) is 39.6 Å². The van der Waals surface area contributed by atoms with E-state index in [0.29, 0.717) is 44.5 Å². The predicted molar refractivity (Wildman–Crippen MR) is 124 cm³/mol. The van der Waals surface area contributed by atoms with Crippen molar-refractivity contribution in [3.63, 3.8) is 0 Å². The Bertz CT molecular complexity index is 1180. The van der Waals surface area contributed by atoms with Gasteiger partial charge in [-0.25, -0.2) is 4.98 Å². The molecule has 0 saturated carbocycles. The van der Waals surface area contributed by atoms with Crippen LogP contribution >= 0.6 is 34.5 Å². The Kier molecular flexibility index (Phi) is 7.04. The summed E-state index contributed by atoms with van der Waals surface area (Å²) in [6.07, 6.45) is 1.06. The molecule has 31 heavy (non-hydrogen) atoms. The van der Waals surface area contributed by atoms with Crippen molar-refractivity contribution in [1.29, 1.82) is 5.41 Å². The lowest BCUT2D eigenvalue weighted by atomic mass is 10.1. The van der Waals surface area contributed by atoms with Gasteiger partial charge in [0.2, 0.25) is 5.91 Å². The average Bonchev–Trinajstić information content (AvgIpc) is 3.27. The summed E-state index contributed by atoms with van der Waals surface area (Å²) < 4.78 is 8.30. The molecule has 0 spiro atoms. The maximum atomic E-state index is 12.3. The third kappa shape index (κ3) is 4.76. The average molecular weight is 483 g/mol. The van der Waals surface area contributed by atoms with Gasteiger partial charge in [0.15, 0.2) is 10.9 Å². The predicted octanol–water partition coefficient (Wildman–Crippen LogP) is 3.60. The van der Waals surface area contributed by atoms with Crippen LogP contribution in [0.2, 0.25) is 10.0 Å². The number of carbonyl (C=O) groups excluding carboxylic acids is 1. The zero-order valence-corrected chi connectivity index (χ0v) is 19.3. The highest BCUT2D eigenvalue weighted by atomic mass is 35.5. The Balaban J connectivity index is 1.69. The number of hydrogen-bond donors (Lipinski definition) is 3. The highest BCUT2D eigenvalue weighted by molar-refractivity contribution is 7.14. The van der Waals surface area contributed by atoms with Crippen LogP contribution in [0.1, 0.15) is 12.6 Å². The number of halogens is 2. The summed E-state index contributed by atoms with van der Waals surface area (Å²) >= 11 is 13.7. The number of carbonyl (C=O) groups is 1. The summed E-state index contributed by atoms with van der Waals surface area (Å²) in [6.45, 7) is 2.12. The summed E-state index contributed by atoms with van der Waals surface area (Å²) in [5, 5.41) is 15.9. The van der Waals surface area contributed by atoms with Gasteiger partial charge in [0.1, 0.15) is 11.4 Å². The summed E-state index contributed by atoms with van der Waals surface area (Å²) in [6, 6.07) is 3.40. The Hall–Kier alpha value is -2.82. The van der Waals surface area contributed by atoms with Gasteiger partial charge in [0.25, 0.3) is 5.56 Å². The fourth-order valence-electron chi connectivity index (χ4n) is 2.85. The molecule has 164 valence electrons. The number of benzene rings is 1. The van der Waals surface area contributed by atoms with E-state index in [-0.39, 0.29) is 23.7 Å². The molecule has 12 heteroatoms. The lowest BCUT2D eigenvalue weighted by Gasteiger charge is -2.09. The number of ether oxygens (including phenoxy) is 1. The molecule has 0 aliphatic heterocycles. The standard InChI is InChI=1S/C19H20Cl2N6O3S/c1-4-30-17-11(20)5-10(6-12(17)21)13-9-31-19(24-13)25-15(28)8-23-16-14(7-22)26(2)27(3)18(16)29/h5-7,9,22-23H,4,8H2,1-3H3,(H,24,25,28). The van der Waals surface area contributed by atoms with E-state index in [2.05, 4.69) is 15.6 Å². The number of nitrogens with zero attached hydrogens (tertiary/aromatic N) is 3. The van der Waals surface area contributed by atoms with Crippen LogP contribution in [0.25, 0.3) is 11.3 Å². The number of thiazole rings is 1. The summed E-state index contributed by atoms with van der Waals surface area (Å²) in [5.41, 5.74) is 1.53. The van der Waals surface area contributed by atoms with Crippen LogP contribution in [0.4, 0.5) is 10.8 Å². The molecule has 0 saturated heterocycles. The van der Waals surface area contributed by atoms with E-state index in [1.165, 1.54) is 20.7 Å². The van der Waals surface area contributed by atoms with E-state index in [9.17, 15) is 9.59 Å². The molecule has 1 aromatic carbocycles. The quantitative estimate of drug-likeness (QED) is 0.424. The molecule has 0 radical (unpaired) electrons. The summed E-state index contributed by atoms with van der Waals surface area (Å²) in [4.78, 5) is 28.9. The van der Waals surface area contributed by atoms with Gasteiger partial charge in [0.05, 0.1) is 28.9 Å². The number of hydrogen-bond acceptors (Lipinski definition) is 7. The first-order valence-corrected chi connectivity index (χ1v) is 10.8. The van der Waals surface area contributed by atoms with Gasteiger partial charge in [-0.3, -0.25) is 19.0 Å². The molecule has 1 amide bonds. The lowest BCUT2D eigenvalue weighted by Crippen LogP contribution is -2.25. The fourth-order valence-corrected chi connectivity index (χ4v) is 4.18. The summed E-state index contributed by atoms with van der Waals surface area (Å²) in [7, 11) is 3.24. The van der Waals surface area contributed by atoms with Crippen molar-refractivity contribution in [3.8, 4) is 17.0 Å². The fraction of sp³-hybridized carbons (Fsp3) is 0.263. The van der Waals surface area contributed by atoms with Crippen LogP contribution in [0.3, 0.4) is 0 Å². The van der Waals surface area contributed by atoms with Crippen LogP contribution in [0.15, 0.2) is 22.3 Å². The number of rotatable bonds is 8. The van der Waals surface area contributed by atoms with E-state index in [1.807, 2.05) is 6.92 Å². The minimum absolute atomic E-state index is 0.157. The molecule has 0 aliphatic rings. The van der Waals surface area contributed by atoms with Crippen molar-refractivity contribution >= 4 is 57.5 Å². The number of anilines is 2. The first kappa shape index (κ1) is 22.9. The van der Waals surface area contributed by atoms with Crippen molar-refractivity contribution in [2.45, 2.75) is 6.92 Å². The zero-order valence-electron chi connectivity index (χ0n) is 17.0. The van der Waals surface area contributed by atoms with E-state index in [0.717, 1.165) is 6.21 Å². The molecule has 0 atom stereocenters. The largest absolute Gasteiger partial charge is 0.491 e. The smallest absolute Gasteiger partial charge is 0.290 e.